The van der Waals surface area contributed by atoms with Crippen LogP contribution in [-0.4, -0.2) is 16.9 Å². The van der Waals surface area contributed by atoms with E-state index < -0.39 is 6.04 Å². The second-order valence-corrected chi connectivity index (χ2v) is 2.16. The molecule has 10 heavy (non-hydrogen) atoms. The topological polar surface area (TPSA) is 72.3 Å². The first-order valence-corrected chi connectivity index (χ1v) is 3.03. The number of aryl methyl sites for hydroxylation is 1. The lowest BCUT2D eigenvalue weighted by Gasteiger charge is -2.02. The third-order valence-electron chi connectivity index (χ3n) is 1.32. The molecule has 1 rings (SSSR count). The number of nitrogens with two attached hydrogens (primary N) is 1. The SMILES string of the molecule is Cc1cnoc1C(N)CO. The van der Waals surface area contributed by atoms with Crippen molar-refractivity contribution in [2.75, 3.05) is 6.61 Å². The molecular weight excluding hydrogens is 132 g/mol. The Labute approximate surface area is 58.6 Å². The fourth-order valence-corrected chi connectivity index (χ4v) is 0.741. The number of rotatable bonds is 2. The molecule has 0 spiro atoms. The van der Waals surface area contributed by atoms with E-state index in [9.17, 15) is 0 Å². The minimum atomic E-state index is -0.442. The van der Waals surface area contributed by atoms with E-state index in [4.69, 9.17) is 15.4 Å². The van der Waals surface area contributed by atoms with Gasteiger partial charge in [0.15, 0.2) is 5.76 Å². The van der Waals surface area contributed by atoms with Crippen molar-refractivity contribution >= 4 is 0 Å². The lowest BCUT2D eigenvalue weighted by atomic mass is 10.2. The van der Waals surface area contributed by atoms with E-state index in [-0.39, 0.29) is 6.61 Å². The summed E-state index contributed by atoms with van der Waals surface area (Å²) in [4.78, 5) is 0. The van der Waals surface area contributed by atoms with Gasteiger partial charge in [0.1, 0.15) is 0 Å². The molecule has 0 bridgehead atoms. The molecule has 1 heterocycles. The summed E-state index contributed by atoms with van der Waals surface area (Å²) in [6, 6.07) is -0.442. The maximum Gasteiger partial charge on any atom is 0.158 e. The van der Waals surface area contributed by atoms with E-state index in [2.05, 4.69) is 5.16 Å². The first-order chi connectivity index (χ1) is 4.75. The molecule has 4 heteroatoms. The zero-order valence-electron chi connectivity index (χ0n) is 5.74. The van der Waals surface area contributed by atoms with E-state index in [1.54, 1.807) is 6.20 Å². The molecule has 1 aromatic heterocycles. The number of aromatic nitrogens is 1. The molecular formula is C6H10N2O2. The average Bonchev–Trinajstić information content (AvgIpc) is 2.34. The number of aliphatic hydroxyl groups excluding tert-OH is 1. The van der Waals surface area contributed by atoms with Crippen LogP contribution in [0, 0.1) is 6.92 Å². The third kappa shape index (κ3) is 1.17. The summed E-state index contributed by atoms with van der Waals surface area (Å²) in [5, 5.41) is 12.1. The molecule has 0 aliphatic heterocycles. The van der Waals surface area contributed by atoms with Crippen molar-refractivity contribution in [2.24, 2.45) is 5.73 Å². The standard InChI is InChI=1S/C6H10N2O2/c1-4-2-8-10-6(4)5(7)3-9/h2,5,9H,3,7H2,1H3. The fourth-order valence-electron chi connectivity index (χ4n) is 0.741. The highest BCUT2D eigenvalue weighted by atomic mass is 16.5. The van der Waals surface area contributed by atoms with Crippen molar-refractivity contribution in [3.63, 3.8) is 0 Å². The molecule has 0 saturated carbocycles. The lowest BCUT2D eigenvalue weighted by Crippen LogP contribution is -2.14. The van der Waals surface area contributed by atoms with E-state index in [1.165, 1.54) is 0 Å². The van der Waals surface area contributed by atoms with Gasteiger partial charge in [-0.1, -0.05) is 5.16 Å². The lowest BCUT2D eigenvalue weighted by molar-refractivity contribution is 0.240. The molecule has 1 unspecified atom stereocenters. The van der Waals surface area contributed by atoms with E-state index in [0.717, 1.165) is 5.56 Å². The maximum atomic E-state index is 8.62. The Morgan fingerprint density at radius 3 is 3.00 bits per heavy atom. The van der Waals surface area contributed by atoms with Gasteiger partial charge in [0.2, 0.25) is 0 Å². The highest BCUT2D eigenvalue weighted by Gasteiger charge is 2.11. The van der Waals surface area contributed by atoms with Crippen LogP contribution in [0.3, 0.4) is 0 Å². The molecule has 1 aromatic rings. The summed E-state index contributed by atoms with van der Waals surface area (Å²) in [5.74, 6) is 0.558. The zero-order chi connectivity index (χ0) is 7.56. The van der Waals surface area contributed by atoms with Gasteiger partial charge in [0.05, 0.1) is 18.8 Å². The second kappa shape index (κ2) is 2.81. The summed E-state index contributed by atoms with van der Waals surface area (Å²) in [6.07, 6.45) is 1.57. The van der Waals surface area contributed by atoms with Crippen LogP contribution in [0.15, 0.2) is 10.7 Å². The third-order valence-corrected chi connectivity index (χ3v) is 1.32. The summed E-state index contributed by atoms with van der Waals surface area (Å²) >= 11 is 0. The van der Waals surface area contributed by atoms with Gasteiger partial charge in [-0.2, -0.15) is 0 Å². The molecule has 0 amide bonds. The highest BCUT2D eigenvalue weighted by Crippen LogP contribution is 2.12. The molecule has 4 nitrogen and oxygen atoms in total. The second-order valence-electron chi connectivity index (χ2n) is 2.16. The van der Waals surface area contributed by atoms with Crippen LogP contribution in [0.1, 0.15) is 17.4 Å². The van der Waals surface area contributed by atoms with Crippen molar-refractivity contribution in [1.29, 1.82) is 0 Å². The Balaban J connectivity index is 2.82. The summed E-state index contributed by atoms with van der Waals surface area (Å²) in [5.41, 5.74) is 6.33. The molecule has 1 atom stereocenters. The fraction of sp³-hybridized carbons (Fsp3) is 0.500. The van der Waals surface area contributed by atoms with Crippen LogP contribution in [-0.2, 0) is 0 Å². The van der Waals surface area contributed by atoms with E-state index in [1.807, 2.05) is 6.92 Å². The van der Waals surface area contributed by atoms with E-state index in [0.29, 0.717) is 5.76 Å². The Hall–Kier alpha value is -0.870. The molecule has 0 aliphatic rings. The van der Waals surface area contributed by atoms with Gasteiger partial charge in [0.25, 0.3) is 0 Å². The van der Waals surface area contributed by atoms with Crippen molar-refractivity contribution < 1.29 is 9.63 Å². The summed E-state index contributed by atoms with van der Waals surface area (Å²) in [7, 11) is 0. The number of aliphatic hydroxyl groups is 1. The van der Waals surface area contributed by atoms with Crippen molar-refractivity contribution in [1.82, 2.24) is 5.16 Å². The highest BCUT2D eigenvalue weighted by molar-refractivity contribution is 5.14. The Kier molecular flexibility index (Phi) is 2.03. The number of nitrogens with zero attached hydrogens (tertiary/aromatic N) is 1. The number of hydrogen-bond acceptors (Lipinski definition) is 4. The largest absolute Gasteiger partial charge is 0.394 e. The monoisotopic (exact) mass is 142 g/mol. The van der Waals surface area contributed by atoms with Crippen LogP contribution >= 0.6 is 0 Å². The molecule has 56 valence electrons. The minimum Gasteiger partial charge on any atom is -0.394 e. The van der Waals surface area contributed by atoms with Crippen LogP contribution < -0.4 is 5.73 Å². The molecule has 0 saturated heterocycles. The maximum absolute atomic E-state index is 8.62. The normalized spacial score (nSPS) is 13.5. The van der Waals surface area contributed by atoms with Crippen molar-refractivity contribution in [3.05, 3.63) is 17.5 Å². The molecule has 0 fully saturated rings. The Bertz CT molecular complexity index is 209. The van der Waals surface area contributed by atoms with Crippen molar-refractivity contribution in [3.8, 4) is 0 Å². The minimum absolute atomic E-state index is 0.115. The number of hydrogen-bond donors (Lipinski definition) is 2. The first kappa shape index (κ1) is 7.24. The quantitative estimate of drug-likeness (QED) is 0.608. The van der Waals surface area contributed by atoms with Gasteiger partial charge in [-0.25, -0.2) is 0 Å². The molecule has 3 N–H and O–H groups in total. The average molecular weight is 142 g/mol. The molecule has 0 aromatic carbocycles. The smallest absolute Gasteiger partial charge is 0.158 e. The van der Waals surface area contributed by atoms with Gasteiger partial charge in [-0.3, -0.25) is 0 Å². The molecule has 0 radical (unpaired) electrons. The zero-order valence-corrected chi connectivity index (χ0v) is 5.74. The molecule has 0 aliphatic carbocycles. The van der Waals surface area contributed by atoms with Gasteiger partial charge in [0, 0.05) is 5.56 Å². The van der Waals surface area contributed by atoms with E-state index >= 15 is 0 Å². The Morgan fingerprint density at radius 1 is 1.90 bits per heavy atom. The van der Waals surface area contributed by atoms with Gasteiger partial charge < -0.3 is 15.4 Å². The van der Waals surface area contributed by atoms with Crippen LogP contribution in [0.5, 0.6) is 0 Å². The first-order valence-electron chi connectivity index (χ1n) is 3.03. The van der Waals surface area contributed by atoms with Crippen molar-refractivity contribution in [2.45, 2.75) is 13.0 Å². The van der Waals surface area contributed by atoms with Crippen LogP contribution in [0.2, 0.25) is 0 Å². The van der Waals surface area contributed by atoms with Crippen LogP contribution in [0.4, 0.5) is 0 Å². The summed E-state index contributed by atoms with van der Waals surface area (Å²) in [6.45, 7) is 1.72. The predicted molar refractivity (Wildman–Crippen MR) is 35.3 cm³/mol. The summed E-state index contributed by atoms with van der Waals surface area (Å²) < 4.78 is 4.78. The van der Waals surface area contributed by atoms with Gasteiger partial charge in [-0.05, 0) is 6.92 Å². The predicted octanol–water partition coefficient (Wildman–Crippen LogP) is -0.0249. The van der Waals surface area contributed by atoms with Gasteiger partial charge >= 0.3 is 0 Å². The van der Waals surface area contributed by atoms with Gasteiger partial charge in [-0.15, -0.1) is 0 Å². The van der Waals surface area contributed by atoms with Crippen LogP contribution in [0.25, 0.3) is 0 Å². The Morgan fingerprint density at radius 2 is 2.60 bits per heavy atom.